The molecule has 0 aromatic heterocycles. The minimum atomic E-state index is -1.13. The first-order valence-corrected chi connectivity index (χ1v) is 21.6. The standard InChI is InChI=1S/C43H65N5O7/c1-5-6-14-31(36(50)38(52)44-18-15-32(49)55-42(4)16-10-11-17-42)45-37(51)35-33-30(41(33,2)3)25-48(35)39(53)34(29-12-8-7-9-13-29)46-40(54)47-43-22-26-19-27(23-43)21-28(20-26)24-43/h5,26-31,33-35H,1,6-25H2,2-4H3,(H,44,52)(H,45,51)(H2,46,47,54)/t26?,27?,28?,30-,31+,33-,34-,35-,43?/m0/s1. The third-order valence-electron chi connectivity index (χ3n) is 15.0. The van der Waals surface area contributed by atoms with Gasteiger partial charge in [0, 0.05) is 18.6 Å². The van der Waals surface area contributed by atoms with Crippen molar-refractivity contribution in [2.45, 2.75) is 166 Å². The Kier molecular flexibility index (Phi) is 11.5. The summed E-state index contributed by atoms with van der Waals surface area (Å²) < 4.78 is 5.64. The molecule has 0 unspecified atom stereocenters. The second-order valence-electron chi connectivity index (χ2n) is 19.5. The highest BCUT2D eigenvalue weighted by atomic mass is 16.6. The van der Waals surface area contributed by atoms with E-state index in [2.05, 4.69) is 41.7 Å². The molecule has 0 radical (unpaired) electrons. The number of nitrogens with one attached hydrogen (secondary N) is 4. The molecule has 12 heteroatoms. The smallest absolute Gasteiger partial charge is 0.315 e. The molecule has 304 valence electrons. The van der Waals surface area contributed by atoms with Crippen LogP contribution < -0.4 is 21.3 Å². The average Bonchev–Trinajstić information content (AvgIpc) is 3.47. The topological polar surface area (TPSA) is 163 Å². The Morgan fingerprint density at radius 3 is 2.13 bits per heavy atom. The van der Waals surface area contributed by atoms with E-state index in [4.69, 9.17) is 4.74 Å². The maximum absolute atomic E-state index is 14.8. The highest BCUT2D eigenvalue weighted by Gasteiger charge is 2.70. The lowest BCUT2D eigenvalue weighted by atomic mass is 9.53. The molecule has 1 heterocycles. The number of ketones is 1. The van der Waals surface area contributed by atoms with Gasteiger partial charge in [-0.15, -0.1) is 6.58 Å². The summed E-state index contributed by atoms with van der Waals surface area (Å²) in [4.78, 5) is 83.7. The number of hydrogen-bond donors (Lipinski definition) is 4. The number of carbonyl (C=O) groups is 6. The lowest BCUT2D eigenvalue weighted by Gasteiger charge is -2.56. The Morgan fingerprint density at radius 2 is 1.51 bits per heavy atom. The van der Waals surface area contributed by atoms with E-state index in [0.717, 1.165) is 77.0 Å². The molecule has 8 fully saturated rings. The molecule has 5 amide bonds. The minimum Gasteiger partial charge on any atom is -0.459 e. The molecular weight excluding hydrogens is 699 g/mol. The van der Waals surface area contributed by atoms with Crippen molar-refractivity contribution in [3.8, 4) is 0 Å². The largest absolute Gasteiger partial charge is 0.459 e. The Bertz CT molecular complexity index is 1490. The van der Waals surface area contributed by atoms with Crippen molar-refractivity contribution in [3.05, 3.63) is 12.7 Å². The lowest BCUT2D eigenvalue weighted by molar-refractivity contribution is -0.157. The van der Waals surface area contributed by atoms with Crippen LogP contribution in [-0.4, -0.2) is 82.8 Å². The molecule has 4 bridgehead atoms. The number of esters is 1. The fraction of sp³-hybridized carbons (Fsp3) is 0.814. The molecule has 1 aliphatic heterocycles. The molecule has 4 N–H and O–H groups in total. The SMILES string of the molecule is C=CCC[C@@H](NC(=O)[C@@H]1[C@@H]2[C@H](CN1C(=O)[C@@H](NC(=O)NC13CC4CC(CC(C4)C1)C3)C1CCCCC1)C2(C)C)C(=O)C(=O)NCCC(=O)OC1(C)CCCC1. The molecule has 7 aliphatic carbocycles. The zero-order valence-electron chi connectivity index (χ0n) is 33.4. The summed E-state index contributed by atoms with van der Waals surface area (Å²) in [7, 11) is 0. The van der Waals surface area contributed by atoms with Gasteiger partial charge in [-0.05, 0) is 138 Å². The molecule has 55 heavy (non-hydrogen) atoms. The predicted octanol–water partition coefficient (Wildman–Crippen LogP) is 5.09. The summed E-state index contributed by atoms with van der Waals surface area (Å²) in [5.41, 5.74) is -0.851. The van der Waals surface area contributed by atoms with Crippen LogP contribution in [0.3, 0.4) is 0 Å². The van der Waals surface area contributed by atoms with Gasteiger partial charge < -0.3 is 30.9 Å². The average molecular weight is 764 g/mol. The second kappa shape index (κ2) is 15.8. The first kappa shape index (κ1) is 39.8. The van der Waals surface area contributed by atoms with E-state index in [-0.39, 0.29) is 60.0 Å². The van der Waals surface area contributed by atoms with E-state index in [9.17, 15) is 28.8 Å². The minimum absolute atomic E-state index is 0.0269. The van der Waals surface area contributed by atoms with Gasteiger partial charge in [0.05, 0.1) is 12.5 Å². The van der Waals surface area contributed by atoms with Gasteiger partial charge in [-0.1, -0.05) is 39.2 Å². The molecule has 0 spiro atoms. The number of amides is 5. The third kappa shape index (κ3) is 8.48. The van der Waals surface area contributed by atoms with Crippen LogP contribution in [0.4, 0.5) is 4.79 Å². The Labute approximate surface area is 326 Å². The van der Waals surface area contributed by atoms with Crippen LogP contribution in [0.2, 0.25) is 0 Å². The Morgan fingerprint density at radius 1 is 0.873 bits per heavy atom. The van der Waals surface area contributed by atoms with Crippen molar-refractivity contribution in [3.63, 3.8) is 0 Å². The fourth-order valence-electron chi connectivity index (χ4n) is 12.4. The zero-order chi connectivity index (χ0) is 39.1. The van der Waals surface area contributed by atoms with Crippen molar-refractivity contribution in [1.82, 2.24) is 26.2 Å². The molecule has 1 saturated heterocycles. The van der Waals surface area contributed by atoms with Crippen molar-refractivity contribution < 1.29 is 33.5 Å². The number of urea groups is 1. The highest BCUT2D eigenvalue weighted by Crippen LogP contribution is 2.65. The van der Waals surface area contributed by atoms with Crippen LogP contribution in [0.15, 0.2) is 12.7 Å². The van der Waals surface area contributed by atoms with Crippen molar-refractivity contribution in [1.29, 1.82) is 0 Å². The van der Waals surface area contributed by atoms with Crippen LogP contribution in [-0.2, 0) is 28.7 Å². The number of piperidine rings is 1. The summed E-state index contributed by atoms with van der Waals surface area (Å²) in [5.74, 6) is -0.834. The quantitative estimate of drug-likeness (QED) is 0.103. The third-order valence-corrected chi connectivity index (χ3v) is 15.0. The molecule has 12 nitrogen and oxygen atoms in total. The van der Waals surface area contributed by atoms with Crippen LogP contribution in [0.5, 0.6) is 0 Å². The molecule has 8 rings (SSSR count). The highest BCUT2D eigenvalue weighted by molar-refractivity contribution is 6.38. The van der Waals surface area contributed by atoms with Crippen molar-refractivity contribution >= 4 is 35.5 Å². The van der Waals surface area contributed by atoms with Gasteiger partial charge in [0.15, 0.2) is 0 Å². The van der Waals surface area contributed by atoms with Crippen LogP contribution in [0.1, 0.15) is 136 Å². The van der Waals surface area contributed by atoms with Crippen LogP contribution in [0.25, 0.3) is 0 Å². The zero-order valence-corrected chi connectivity index (χ0v) is 33.4. The summed E-state index contributed by atoms with van der Waals surface area (Å²) in [5, 5.41) is 12.0. The van der Waals surface area contributed by atoms with Gasteiger partial charge in [-0.3, -0.25) is 24.0 Å². The number of hydrogen-bond acceptors (Lipinski definition) is 7. The molecule has 5 atom stereocenters. The molecule has 0 aromatic carbocycles. The first-order valence-electron chi connectivity index (χ1n) is 21.6. The number of allylic oxidation sites excluding steroid dienone is 1. The van der Waals surface area contributed by atoms with Gasteiger partial charge in [-0.2, -0.15) is 0 Å². The second-order valence-corrected chi connectivity index (χ2v) is 19.5. The van der Waals surface area contributed by atoms with E-state index < -0.39 is 47.3 Å². The molecule has 0 aromatic rings. The summed E-state index contributed by atoms with van der Waals surface area (Å²) in [6.07, 6.45) is 17.3. The number of likely N-dealkylation sites (tertiary alicyclic amines) is 1. The van der Waals surface area contributed by atoms with Gasteiger partial charge in [0.1, 0.15) is 17.7 Å². The van der Waals surface area contributed by atoms with Gasteiger partial charge in [-0.25, -0.2) is 4.79 Å². The summed E-state index contributed by atoms with van der Waals surface area (Å²) in [6.45, 7) is 10.2. The number of ether oxygens (including phenoxy) is 1. The summed E-state index contributed by atoms with van der Waals surface area (Å²) in [6, 6.07) is -3.00. The van der Waals surface area contributed by atoms with E-state index >= 15 is 0 Å². The Hall–Kier alpha value is -3.44. The Balaban J connectivity index is 1.01. The van der Waals surface area contributed by atoms with Gasteiger partial charge in [0.25, 0.3) is 5.91 Å². The molecular formula is C43H65N5O7. The maximum Gasteiger partial charge on any atom is 0.315 e. The number of carbonyl (C=O) groups excluding carboxylic acids is 6. The van der Waals surface area contributed by atoms with Gasteiger partial charge in [0.2, 0.25) is 17.6 Å². The number of Topliss-reactive ketones (excluding diaryl/α,β-unsaturated/α-hetero) is 1. The van der Waals surface area contributed by atoms with E-state index in [1.165, 1.54) is 19.3 Å². The number of rotatable bonds is 15. The fourth-order valence-corrected chi connectivity index (χ4v) is 12.4. The summed E-state index contributed by atoms with van der Waals surface area (Å²) >= 11 is 0. The van der Waals surface area contributed by atoms with Crippen LogP contribution >= 0.6 is 0 Å². The molecule has 8 aliphatic rings. The monoisotopic (exact) mass is 763 g/mol. The maximum atomic E-state index is 14.8. The van der Waals surface area contributed by atoms with E-state index in [1.807, 2.05) is 6.92 Å². The van der Waals surface area contributed by atoms with Crippen molar-refractivity contribution in [2.24, 2.45) is 40.9 Å². The van der Waals surface area contributed by atoms with Crippen LogP contribution in [0, 0.1) is 40.9 Å². The normalized spacial score (nSPS) is 33.5. The number of fused-ring (bicyclic) bond motifs is 1. The van der Waals surface area contributed by atoms with Gasteiger partial charge >= 0.3 is 12.0 Å². The first-order chi connectivity index (χ1) is 26.2. The van der Waals surface area contributed by atoms with E-state index in [0.29, 0.717) is 30.7 Å². The lowest BCUT2D eigenvalue weighted by Crippen LogP contribution is -2.64. The predicted molar refractivity (Wildman–Crippen MR) is 206 cm³/mol. The number of nitrogens with zero attached hydrogens (tertiary/aromatic N) is 1. The van der Waals surface area contributed by atoms with E-state index in [1.54, 1.807) is 11.0 Å². The molecule has 7 saturated carbocycles. The van der Waals surface area contributed by atoms with Crippen molar-refractivity contribution in [2.75, 3.05) is 13.1 Å².